The Morgan fingerprint density at radius 2 is 1.73 bits per heavy atom. The number of carboxylic acids is 1. The van der Waals surface area contributed by atoms with Crippen molar-refractivity contribution in [3.05, 3.63) is 42.0 Å². The van der Waals surface area contributed by atoms with Crippen LogP contribution >= 0.6 is 0 Å². The highest BCUT2D eigenvalue weighted by Crippen LogP contribution is 2.63. The monoisotopic (exact) mass is 297 g/mol. The number of carboxylic acid groups (broad SMARTS) is 1. The zero-order chi connectivity index (χ0) is 15.4. The van der Waals surface area contributed by atoms with Gasteiger partial charge in [0.05, 0.1) is 11.8 Å². The van der Waals surface area contributed by atoms with E-state index in [4.69, 9.17) is 0 Å². The van der Waals surface area contributed by atoms with Crippen LogP contribution in [0.3, 0.4) is 0 Å². The molecule has 4 aliphatic carbocycles. The van der Waals surface area contributed by atoms with Gasteiger partial charge < -0.3 is 10.4 Å². The van der Waals surface area contributed by atoms with E-state index >= 15 is 0 Å². The van der Waals surface area contributed by atoms with Gasteiger partial charge in [-0.1, -0.05) is 30.4 Å². The minimum Gasteiger partial charge on any atom is -0.481 e. The maximum atomic E-state index is 12.8. The highest BCUT2D eigenvalue weighted by Gasteiger charge is 2.62. The predicted molar refractivity (Wildman–Crippen MR) is 82.1 cm³/mol. The van der Waals surface area contributed by atoms with Crippen molar-refractivity contribution in [1.82, 2.24) is 0 Å². The summed E-state index contributed by atoms with van der Waals surface area (Å²) in [6, 6.07) is 7.60. The van der Waals surface area contributed by atoms with Crippen LogP contribution in [0.25, 0.3) is 0 Å². The number of carbonyl (C=O) groups excluding carboxylic acids is 1. The normalized spacial score (nSPS) is 37.5. The second kappa shape index (κ2) is 4.70. The molecule has 2 N–H and O–H groups in total. The standard InChI is InChI=1S/C18H19NO3/c1-9-4-2-3-5-14(9)19-17(20)15-10-6-7-11(13-8-12(10)13)16(15)18(21)22/h2-7,10-13,15-16H,8H2,1H3,(H,19,20)(H,21,22)/t10-,11-,12-,13-,15+,16+/m1/s1. The number of nitrogens with one attached hydrogen (secondary N) is 1. The molecular weight excluding hydrogens is 278 g/mol. The second-order valence-corrected chi connectivity index (χ2v) is 6.80. The third-order valence-electron chi connectivity index (χ3n) is 5.64. The first kappa shape index (κ1) is 13.6. The van der Waals surface area contributed by atoms with Gasteiger partial charge in [-0.05, 0) is 48.6 Å². The van der Waals surface area contributed by atoms with Crippen molar-refractivity contribution in [2.45, 2.75) is 13.3 Å². The molecule has 4 nitrogen and oxygen atoms in total. The first-order valence-corrected chi connectivity index (χ1v) is 7.85. The number of anilines is 1. The smallest absolute Gasteiger partial charge is 0.307 e. The van der Waals surface area contributed by atoms with Crippen molar-refractivity contribution in [3.63, 3.8) is 0 Å². The quantitative estimate of drug-likeness (QED) is 0.843. The Morgan fingerprint density at radius 3 is 2.36 bits per heavy atom. The van der Waals surface area contributed by atoms with Gasteiger partial charge >= 0.3 is 5.97 Å². The number of fused-ring (bicyclic) bond motifs is 1. The van der Waals surface area contributed by atoms with Crippen molar-refractivity contribution >= 4 is 17.6 Å². The molecule has 0 radical (unpaired) electrons. The van der Waals surface area contributed by atoms with E-state index in [0.717, 1.165) is 17.7 Å². The number of benzene rings is 1. The Kier molecular flexibility index (Phi) is 2.90. The van der Waals surface area contributed by atoms with Gasteiger partial charge in [0.2, 0.25) is 5.91 Å². The first-order chi connectivity index (χ1) is 10.6. The van der Waals surface area contributed by atoms with Gasteiger partial charge in [-0.15, -0.1) is 0 Å². The second-order valence-electron chi connectivity index (χ2n) is 6.80. The lowest BCUT2D eigenvalue weighted by molar-refractivity contribution is -0.152. The van der Waals surface area contributed by atoms with Gasteiger partial charge in [0.25, 0.3) is 0 Å². The van der Waals surface area contributed by atoms with Crippen LogP contribution in [0, 0.1) is 42.4 Å². The SMILES string of the molecule is Cc1ccccc1NC(=O)[C@H]1[C@@H]2C=C[C@H]([C@H]3C[C@H]23)[C@@H]1C(=O)O. The van der Waals surface area contributed by atoms with Crippen LogP contribution in [0.1, 0.15) is 12.0 Å². The number of carbonyl (C=O) groups is 2. The molecule has 0 unspecified atom stereocenters. The van der Waals surface area contributed by atoms with Gasteiger partial charge in [0.15, 0.2) is 0 Å². The number of rotatable bonds is 3. The van der Waals surface area contributed by atoms with Crippen molar-refractivity contribution in [2.24, 2.45) is 35.5 Å². The Balaban J connectivity index is 1.63. The molecule has 0 aliphatic heterocycles. The van der Waals surface area contributed by atoms with Crippen LogP contribution in [0.15, 0.2) is 36.4 Å². The molecule has 2 saturated carbocycles. The lowest BCUT2D eigenvalue weighted by Gasteiger charge is -2.41. The molecule has 4 aliphatic rings. The molecule has 0 aromatic heterocycles. The summed E-state index contributed by atoms with van der Waals surface area (Å²) >= 11 is 0. The fourth-order valence-electron chi connectivity index (χ4n) is 4.50. The van der Waals surface area contributed by atoms with Crippen LogP contribution in [-0.2, 0) is 9.59 Å². The van der Waals surface area contributed by atoms with Crippen molar-refractivity contribution < 1.29 is 14.7 Å². The zero-order valence-corrected chi connectivity index (χ0v) is 12.4. The average molecular weight is 297 g/mol. The Bertz CT molecular complexity index is 681. The summed E-state index contributed by atoms with van der Waals surface area (Å²) < 4.78 is 0. The summed E-state index contributed by atoms with van der Waals surface area (Å²) in [7, 11) is 0. The molecule has 1 amide bonds. The van der Waals surface area contributed by atoms with E-state index in [1.165, 1.54) is 0 Å². The number of para-hydroxylation sites is 1. The molecular formula is C18H19NO3. The Hall–Kier alpha value is -2.10. The summed E-state index contributed by atoms with van der Waals surface area (Å²) in [5.74, 6) is -0.906. The predicted octanol–water partition coefficient (Wildman–Crippen LogP) is 2.70. The summed E-state index contributed by atoms with van der Waals surface area (Å²) in [5, 5.41) is 12.6. The fourth-order valence-corrected chi connectivity index (χ4v) is 4.50. The lowest BCUT2D eigenvalue weighted by atomic mass is 9.62. The van der Waals surface area contributed by atoms with Crippen LogP contribution in [0.4, 0.5) is 5.69 Å². The summed E-state index contributed by atoms with van der Waals surface area (Å²) in [4.78, 5) is 24.5. The number of hydrogen-bond acceptors (Lipinski definition) is 2. The third-order valence-corrected chi connectivity index (χ3v) is 5.64. The number of aliphatic carboxylic acids is 1. The minimum absolute atomic E-state index is 0.0279. The first-order valence-electron chi connectivity index (χ1n) is 7.85. The molecule has 0 heterocycles. The molecule has 5 rings (SSSR count). The van der Waals surface area contributed by atoms with E-state index in [1.54, 1.807) is 0 Å². The molecule has 2 bridgehead atoms. The average Bonchev–Trinajstić information content (AvgIpc) is 3.30. The van der Waals surface area contributed by atoms with Crippen molar-refractivity contribution in [2.75, 3.05) is 5.32 Å². The topological polar surface area (TPSA) is 66.4 Å². The molecule has 0 saturated heterocycles. The molecule has 22 heavy (non-hydrogen) atoms. The van der Waals surface area contributed by atoms with Gasteiger partial charge in [-0.25, -0.2) is 0 Å². The Labute approximate surface area is 129 Å². The lowest BCUT2D eigenvalue weighted by Crippen LogP contribution is -2.48. The van der Waals surface area contributed by atoms with Crippen LogP contribution in [0.2, 0.25) is 0 Å². The zero-order valence-electron chi connectivity index (χ0n) is 12.4. The molecule has 6 atom stereocenters. The van der Waals surface area contributed by atoms with Gasteiger partial charge in [-0.2, -0.15) is 0 Å². The van der Waals surface area contributed by atoms with Crippen LogP contribution in [0.5, 0.6) is 0 Å². The van der Waals surface area contributed by atoms with Crippen molar-refractivity contribution in [1.29, 1.82) is 0 Å². The summed E-state index contributed by atoms with van der Waals surface area (Å²) in [5.41, 5.74) is 1.76. The largest absolute Gasteiger partial charge is 0.481 e. The molecule has 4 heteroatoms. The van der Waals surface area contributed by atoms with E-state index < -0.39 is 17.8 Å². The minimum atomic E-state index is -0.838. The van der Waals surface area contributed by atoms with Crippen LogP contribution < -0.4 is 5.32 Å². The maximum Gasteiger partial charge on any atom is 0.307 e. The van der Waals surface area contributed by atoms with E-state index in [9.17, 15) is 14.7 Å². The number of amides is 1. The fraction of sp³-hybridized carbons (Fsp3) is 0.444. The molecule has 2 fully saturated rings. The van der Waals surface area contributed by atoms with E-state index in [1.807, 2.05) is 37.3 Å². The van der Waals surface area contributed by atoms with Gasteiger partial charge in [0, 0.05) is 5.69 Å². The highest BCUT2D eigenvalue weighted by molar-refractivity contribution is 5.96. The number of allylic oxidation sites excluding steroid dienone is 2. The molecule has 1 aromatic rings. The third kappa shape index (κ3) is 1.90. The van der Waals surface area contributed by atoms with Crippen LogP contribution in [-0.4, -0.2) is 17.0 Å². The molecule has 114 valence electrons. The number of aryl methyl sites for hydroxylation is 1. The van der Waals surface area contributed by atoms with Gasteiger partial charge in [-0.3, -0.25) is 9.59 Å². The van der Waals surface area contributed by atoms with E-state index in [0.29, 0.717) is 11.8 Å². The number of hydrogen-bond donors (Lipinski definition) is 2. The highest BCUT2D eigenvalue weighted by atomic mass is 16.4. The van der Waals surface area contributed by atoms with Gasteiger partial charge in [0.1, 0.15) is 0 Å². The van der Waals surface area contributed by atoms with E-state index in [2.05, 4.69) is 11.4 Å². The van der Waals surface area contributed by atoms with E-state index in [-0.39, 0.29) is 17.7 Å². The maximum absolute atomic E-state index is 12.8. The molecule has 0 spiro atoms. The summed E-state index contributed by atoms with van der Waals surface area (Å²) in [6.07, 6.45) is 5.19. The summed E-state index contributed by atoms with van der Waals surface area (Å²) in [6.45, 7) is 1.94. The molecule has 1 aromatic carbocycles. The van der Waals surface area contributed by atoms with Crippen molar-refractivity contribution in [3.8, 4) is 0 Å². The Morgan fingerprint density at radius 1 is 1.09 bits per heavy atom.